The molecule has 3 aliphatic rings. The number of carbonyl (C=O) groups is 1. The molecule has 1 N–H and O–H groups in total. The van der Waals surface area contributed by atoms with Crippen molar-refractivity contribution in [3.8, 4) is 0 Å². The van der Waals surface area contributed by atoms with Crippen molar-refractivity contribution in [1.29, 1.82) is 0 Å². The van der Waals surface area contributed by atoms with Crippen molar-refractivity contribution in [3.05, 3.63) is 0 Å². The summed E-state index contributed by atoms with van der Waals surface area (Å²) in [5.74, 6) is 1.84. The molecule has 6 heteroatoms. The minimum atomic E-state index is -4.05. The van der Waals surface area contributed by atoms with Crippen molar-refractivity contribution in [2.75, 3.05) is 12.4 Å². The van der Waals surface area contributed by atoms with Crippen molar-refractivity contribution in [2.24, 2.45) is 29.6 Å². The van der Waals surface area contributed by atoms with Crippen LogP contribution < -0.4 is 0 Å². The van der Waals surface area contributed by atoms with E-state index in [2.05, 4.69) is 0 Å². The molecule has 0 aliphatic heterocycles. The summed E-state index contributed by atoms with van der Waals surface area (Å²) < 4.78 is 34.8. The molecule has 3 aliphatic carbocycles. The molecule has 0 saturated heterocycles. The Balaban J connectivity index is 1.55. The van der Waals surface area contributed by atoms with Gasteiger partial charge in [-0.25, -0.2) is 0 Å². The summed E-state index contributed by atoms with van der Waals surface area (Å²) >= 11 is 0. The maximum Gasteiger partial charge on any atom is 0.309 e. The molecule has 2 bridgehead atoms. The maximum atomic E-state index is 12.0. The Labute approximate surface area is 113 Å². The van der Waals surface area contributed by atoms with Crippen LogP contribution in [0.4, 0.5) is 0 Å². The minimum Gasteiger partial charge on any atom is -0.464 e. The van der Waals surface area contributed by atoms with Gasteiger partial charge in [0.05, 0.1) is 5.92 Å². The van der Waals surface area contributed by atoms with Crippen LogP contribution in [0.15, 0.2) is 0 Å². The van der Waals surface area contributed by atoms with Gasteiger partial charge in [0.25, 0.3) is 10.1 Å². The molecule has 3 saturated carbocycles. The first-order valence-corrected chi connectivity index (χ1v) is 8.68. The molecule has 0 heterocycles. The molecule has 3 rings (SSSR count). The summed E-state index contributed by atoms with van der Waals surface area (Å²) in [5.41, 5.74) is 0. The van der Waals surface area contributed by atoms with Crippen LogP contribution in [-0.4, -0.2) is 31.3 Å². The predicted octanol–water partition coefficient (Wildman–Crippen LogP) is 1.49. The summed E-state index contributed by atoms with van der Waals surface area (Å²) in [4.78, 5) is 12.0. The molecule has 5 atom stereocenters. The summed E-state index contributed by atoms with van der Waals surface area (Å²) in [5, 5.41) is 0. The summed E-state index contributed by atoms with van der Waals surface area (Å²) in [6, 6.07) is 0. The number of rotatable bonds is 4. The molecule has 19 heavy (non-hydrogen) atoms. The molecule has 3 fully saturated rings. The van der Waals surface area contributed by atoms with Crippen molar-refractivity contribution in [3.63, 3.8) is 0 Å². The van der Waals surface area contributed by atoms with Gasteiger partial charge in [0.1, 0.15) is 12.4 Å². The number of ether oxygens (including phenoxy) is 1. The van der Waals surface area contributed by atoms with E-state index in [4.69, 9.17) is 9.29 Å². The van der Waals surface area contributed by atoms with Crippen molar-refractivity contribution in [2.45, 2.75) is 32.1 Å². The standard InChI is InChI=1S/C13H20O5S/c14-13(18-4-5-19(15,16)17)12-7-8-6-11(12)10-3-1-2-9(8)10/h8-12H,1-7H2,(H,15,16,17)/t8-,9?,10?,11?,12?/m1/s1. The molecule has 4 unspecified atom stereocenters. The van der Waals surface area contributed by atoms with E-state index in [1.165, 1.54) is 19.3 Å². The van der Waals surface area contributed by atoms with Crippen LogP contribution in [0.1, 0.15) is 32.1 Å². The molecule has 0 spiro atoms. The summed E-state index contributed by atoms with van der Waals surface area (Å²) in [6.45, 7) is -0.236. The molecule has 108 valence electrons. The van der Waals surface area contributed by atoms with Crippen LogP contribution in [-0.2, 0) is 19.6 Å². The fraction of sp³-hybridized carbons (Fsp3) is 0.923. The zero-order valence-electron chi connectivity index (χ0n) is 10.8. The Morgan fingerprint density at radius 3 is 2.63 bits per heavy atom. The van der Waals surface area contributed by atoms with Gasteiger partial charge >= 0.3 is 5.97 Å². The Bertz CT molecular complexity index is 471. The summed E-state index contributed by atoms with van der Waals surface area (Å²) in [7, 11) is -4.05. The minimum absolute atomic E-state index is 0.0363. The molecule has 5 nitrogen and oxygen atoms in total. The normalized spacial score (nSPS) is 40.4. The molecular formula is C13H20O5S. The number of carbonyl (C=O) groups excluding carboxylic acids is 1. The Morgan fingerprint density at radius 2 is 1.89 bits per heavy atom. The smallest absolute Gasteiger partial charge is 0.309 e. The molecule has 0 amide bonds. The van der Waals surface area contributed by atoms with Crippen molar-refractivity contribution < 1.29 is 22.5 Å². The van der Waals surface area contributed by atoms with Crippen molar-refractivity contribution in [1.82, 2.24) is 0 Å². The molecule has 0 aromatic carbocycles. The number of hydrogen-bond donors (Lipinski definition) is 1. The monoisotopic (exact) mass is 288 g/mol. The number of esters is 1. The van der Waals surface area contributed by atoms with E-state index in [1.54, 1.807) is 0 Å². The highest BCUT2D eigenvalue weighted by Gasteiger charge is 2.56. The average molecular weight is 288 g/mol. The molecule has 0 radical (unpaired) electrons. The van der Waals surface area contributed by atoms with E-state index in [0.717, 1.165) is 18.8 Å². The highest BCUT2D eigenvalue weighted by molar-refractivity contribution is 7.85. The second-order valence-electron chi connectivity index (χ2n) is 6.21. The Kier molecular flexibility index (Phi) is 3.33. The number of hydrogen-bond acceptors (Lipinski definition) is 4. The van der Waals surface area contributed by atoms with Crippen LogP contribution in [0.5, 0.6) is 0 Å². The van der Waals surface area contributed by atoms with E-state index in [1.807, 2.05) is 0 Å². The highest BCUT2D eigenvalue weighted by Crippen LogP contribution is 2.61. The predicted molar refractivity (Wildman–Crippen MR) is 67.9 cm³/mol. The first kappa shape index (κ1) is 13.4. The SMILES string of the molecule is O=C(OCCS(=O)(=O)O)C1C[C@H]2CC1C1CCCC12. The first-order chi connectivity index (χ1) is 8.96. The van der Waals surface area contributed by atoms with Gasteiger partial charge < -0.3 is 4.74 Å². The van der Waals surface area contributed by atoms with Gasteiger partial charge in [-0.2, -0.15) is 8.42 Å². The lowest BCUT2D eigenvalue weighted by atomic mass is 9.76. The molecular weight excluding hydrogens is 268 g/mol. The van der Waals surface area contributed by atoms with Gasteiger partial charge in [-0.1, -0.05) is 6.42 Å². The Morgan fingerprint density at radius 1 is 1.16 bits per heavy atom. The second kappa shape index (κ2) is 4.74. The van der Waals surface area contributed by atoms with Gasteiger partial charge in [-0.3, -0.25) is 9.35 Å². The summed E-state index contributed by atoms with van der Waals surface area (Å²) in [6.07, 6.45) is 5.90. The zero-order valence-corrected chi connectivity index (χ0v) is 11.6. The third-order valence-corrected chi connectivity index (χ3v) is 6.00. The molecule has 0 aromatic heterocycles. The van der Waals surface area contributed by atoms with E-state index in [-0.39, 0.29) is 18.5 Å². The second-order valence-corrected chi connectivity index (χ2v) is 7.79. The van der Waals surface area contributed by atoms with E-state index < -0.39 is 15.9 Å². The lowest BCUT2D eigenvalue weighted by Crippen LogP contribution is -2.31. The third-order valence-electron chi connectivity index (χ3n) is 5.32. The largest absolute Gasteiger partial charge is 0.464 e. The maximum absolute atomic E-state index is 12.0. The van der Waals surface area contributed by atoms with Gasteiger partial charge in [0, 0.05) is 0 Å². The zero-order chi connectivity index (χ0) is 13.6. The van der Waals surface area contributed by atoms with Crippen LogP contribution in [0.3, 0.4) is 0 Å². The molecule has 0 aromatic rings. The van der Waals surface area contributed by atoms with Crippen LogP contribution in [0, 0.1) is 29.6 Å². The highest BCUT2D eigenvalue weighted by atomic mass is 32.2. The van der Waals surface area contributed by atoms with Crippen LogP contribution in [0.2, 0.25) is 0 Å². The topological polar surface area (TPSA) is 80.7 Å². The van der Waals surface area contributed by atoms with E-state index in [0.29, 0.717) is 17.8 Å². The third kappa shape index (κ3) is 2.52. The lowest BCUT2D eigenvalue weighted by molar-refractivity contribution is -0.150. The number of fused-ring (bicyclic) bond motifs is 5. The van der Waals surface area contributed by atoms with Gasteiger partial charge in [-0.05, 0) is 49.4 Å². The Hall–Kier alpha value is -0.620. The van der Waals surface area contributed by atoms with Crippen molar-refractivity contribution >= 4 is 16.1 Å². The van der Waals surface area contributed by atoms with Gasteiger partial charge in [0.15, 0.2) is 0 Å². The average Bonchev–Trinajstić information content (AvgIpc) is 2.99. The first-order valence-electron chi connectivity index (χ1n) is 7.07. The van der Waals surface area contributed by atoms with E-state index >= 15 is 0 Å². The quantitative estimate of drug-likeness (QED) is 0.626. The van der Waals surface area contributed by atoms with Gasteiger partial charge in [0.2, 0.25) is 0 Å². The van der Waals surface area contributed by atoms with Crippen LogP contribution in [0.25, 0.3) is 0 Å². The fourth-order valence-electron chi connectivity index (χ4n) is 4.69. The van der Waals surface area contributed by atoms with Crippen LogP contribution >= 0.6 is 0 Å². The fourth-order valence-corrected chi connectivity index (χ4v) is 4.99. The van der Waals surface area contributed by atoms with E-state index in [9.17, 15) is 13.2 Å². The van der Waals surface area contributed by atoms with Gasteiger partial charge in [-0.15, -0.1) is 0 Å². The lowest BCUT2D eigenvalue weighted by Gasteiger charge is -2.30.